The third kappa shape index (κ3) is 20.6. The van der Waals surface area contributed by atoms with Gasteiger partial charge >= 0.3 is 0 Å². The Morgan fingerprint density at radius 1 is 0.181 bits per heavy atom. The Kier molecular flexibility index (Phi) is 21.9. The topological polar surface area (TPSA) is 18.5 Å². The largest absolute Gasteiger partial charge is 0.457 e. The molecule has 0 aromatic heterocycles. The Labute approximate surface area is 432 Å². The van der Waals surface area contributed by atoms with Crippen LogP contribution in [-0.4, -0.2) is 0 Å². The van der Waals surface area contributed by atoms with E-state index in [0.717, 1.165) is 23.0 Å². The van der Waals surface area contributed by atoms with E-state index in [1.807, 2.05) is 91.0 Å². The molecule has 0 saturated carbocycles. The van der Waals surface area contributed by atoms with Gasteiger partial charge in [-0.15, -0.1) is 0 Å². The number of aryl methyl sites for hydroxylation is 12. The van der Waals surface area contributed by atoms with Gasteiger partial charge in [-0.3, -0.25) is 0 Å². The molecule has 0 radical (unpaired) electrons. The SMILES string of the molecule is Cc1ccc(-c2ccc(C)cc2)cc1.Cc1ccc(C)cc1.Cc1ccc(Oc2ccc(C)cc2)cc1.Cc1ccc(Oc2cccc(C)c2)cc1.Cc1ccc2cc(C)ccc2c1.Cc1cccc(C)c1. The summed E-state index contributed by atoms with van der Waals surface area (Å²) in [6.45, 7) is 25.1. The fourth-order valence-electron chi connectivity index (χ4n) is 7.19. The van der Waals surface area contributed by atoms with Crippen LogP contribution in [0.3, 0.4) is 0 Å². The molecule has 0 spiro atoms. The molecule has 0 heterocycles. The van der Waals surface area contributed by atoms with Gasteiger partial charge < -0.3 is 9.47 Å². The van der Waals surface area contributed by atoms with Crippen LogP contribution in [-0.2, 0) is 0 Å². The van der Waals surface area contributed by atoms with Gasteiger partial charge in [-0.1, -0.05) is 243 Å². The van der Waals surface area contributed by atoms with Crippen molar-refractivity contribution >= 4 is 10.8 Å². The summed E-state index contributed by atoms with van der Waals surface area (Å²) in [6, 6.07) is 79.5. The van der Waals surface area contributed by atoms with Crippen molar-refractivity contribution in [1.82, 2.24) is 0 Å². The Bertz CT molecular complexity index is 2960. The lowest BCUT2D eigenvalue weighted by molar-refractivity contribution is 0.482. The molecular formula is C70H74O2. The van der Waals surface area contributed by atoms with E-state index < -0.39 is 0 Å². The summed E-state index contributed by atoms with van der Waals surface area (Å²) in [7, 11) is 0. The summed E-state index contributed by atoms with van der Waals surface area (Å²) in [6.07, 6.45) is 0. The van der Waals surface area contributed by atoms with Crippen molar-refractivity contribution in [3.05, 3.63) is 297 Å². The van der Waals surface area contributed by atoms with Gasteiger partial charge in [0.2, 0.25) is 0 Å². The average Bonchev–Trinajstić information content (AvgIpc) is 3.36. The number of rotatable bonds is 5. The summed E-state index contributed by atoms with van der Waals surface area (Å²) in [4.78, 5) is 0. The molecule has 10 rings (SSSR count). The lowest BCUT2D eigenvalue weighted by atomic mass is 10.0. The lowest BCUT2D eigenvalue weighted by Crippen LogP contribution is -1.84. The van der Waals surface area contributed by atoms with Crippen molar-refractivity contribution in [2.45, 2.75) is 83.1 Å². The van der Waals surface area contributed by atoms with Crippen LogP contribution in [0, 0.1) is 83.1 Å². The van der Waals surface area contributed by atoms with Gasteiger partial charge in [0.05, 0.1) is 0 Å². The Hall–Kier alpha value is -7.94. The van der Waals surface area contributed by atoms with E-state index in [9.17, 15) is 0 Å². The van der Waals surface area contributed by atoms with E-state index in [1.54, 1.807) is 0 Å². The zero-order chi connectivity index (χ0) is 51.8. The van der Waals surface area contributed by atoms with E-state index in [0.29, 0.717) is 0 Å². The Morgan fingerprint density at radius 2 is 0.417 bits per heavy atom. The molecule has 0 aliphatic carbocycles. The van der Waals surface area contributed by atoms with Crippen LogP contribution in [0.1, 0.15) is 66.8 Å². The van der Waals surface area contributed by atoms with Crippen molar-refractivity contribution in [2.24, 2.45) is 0 Å². The Morgan fingerprint density at radius 3 is 0.708 bits per heavy atom. The van der Waals surface area contributed by atoms with E-state index in [2.05, 4.69) is 223 Å². The van der Waals surface area contributed by atoms with E-state index in [1.165, 1.54) is 88.7 Å². The van der Waals surface area contributed by atoms with Crippen LogP contribution in [0.2, 0.25) is 0 Å². The molecule has 0 aliphatic heterocycles. The maximum Gasteiger partial charge on any atom is 0.127 e. The maximum absolute atomic E-state index is 5.71. The highest BCUT2D eigenvalue weighted by Gasteiger charge is 1.99. The van der Waals surface area contributed by atoms with Crippen molar-refractivity contribution in [2.75, 3.05) is 0 Å². The highest BCUT2D eigenvalue weighted by molar-refractivity contribution is 5.83. The minimum atomic E-state index is 0.879. The van der Waals surface area contributed by atoms with Gasteiger partial charge in [-0.05, 0) is 159 Å². The molecule has 10 aromatic carbocycles. The van der Waals surface area contributed by atoms with Gasteiger partial charge in [0, 0.05) is 0 Å². The molecule has 0 amide bonds. The van der Waals surface area contributed by atoms with Gasteiger partial charge in [0.1, 0.15) is 23.0 Å². The second-order valence-electron chi connectivity index (χ2n) is 18.9. The first-order valence-corrected chi connectivity index (χ1v) is 24.9. The minimum Gasteiger partial charge on any atom is -0.457 e. The third-order valence-corrected chi connectivity index (χ3v) is 11.5. The summed E-state index contributed by atoms with van der Waals surface area (Å²) in [5.41, 5.74) is 18.1. The molecule has 366 valence electrons. The predicted molar refractivity (Wildman–Crippen MR) is 311 cm³/mol. The number of ether oxygens (including phenoxy) is 2. The molecule has 0 aliphatic rings. The van der Waals surface area contributed by atoms with Crippen LogP contribution in [0.25, 0.3) is 21.9 Å². The summed E-state index contributed by atoms with van der Waals surface area (Å²) >= 11 is 0. The van der Waals surface area contributed by atoms with E-state index in [4.69, 9.17) is 9.47 Å². The standard InChI is InChI=1S/2C14H14O.C14H14.C12H12.2C8H10/c1-11-3-7-13(8-4-11)15-14-9-5-12(2)6-10-14;1-11-6-8-13(9-7-11)15-14-5-3-4-12(2)10-14;1-11-3-7-13(8-4-11)14-9-5-12(2)6-10-14;1-9-3-5-12-8-10(2)4-6-11(12)7-9;1-7-3-5-8(2)6-4-7;1-7-4-3-5-8(2)6-7/h2*3-10H,1-2H3;3-10H,1-2H3;3-8H,1-2H3;2*3-6H,1-2H3. The zero-order valence-corrected chi connectivity index (χ0v) is 44.8. The smallest absolute Gasteiger partial charge is 0.127 e. The van der Waals surface area contributed by atoms with Crippen molar-refractivity contribution < 1.29 is 9.47 Å². The zero-order valence-electron chi connectivity index (χ0n) is 44.8. The number of hydrogen-bond donors (Lipinski definition) is 0. The van der Waals surface area contributed by atoms with Crippen molar-refractivity contribution in [3.63, 3.8) is 0 Å². The van der Waals surface area contributed by atoms with Gasteiger partial charge in [-0.2, -0.15) is 0 Å². The number of hydrogen-bond acceptors (Lipinski definition) is 2. The fraction of sp³-hybridized carbons (Fsp3) is 0.171. The monoisotopic (exact) mass is 947 g/mol. The Balaban J connectivity index is 0.000000163. The molecule has 0 atom stereocenters. The quantitative estimate of drug-likeness (QED) is 0.171. The highest BCUT2D eigenvalue weighted by Crippen LogP contribution is 2.24. The van der Waals surface area contributed by atoms with Crippen molar-refractivity contribution in [3.8, 4) is 34.1 Å². The van der Waals surface area contributed by atoms with Crippen LogP contribution >= 0.6 is 0 Å². The van der Waals surface area contributed by atoms with E-state index in [-0.39, 0.29) is 0 Å². The van der Waals surface area contributed by atoms with Crippen molar-refractivity contribution in [1.29, 1.82) is 0 Å². The summed E-state index contributed by atoms with van der Waals surface area (Å²) in [5.74, 6) is 3.53. The van der Waals surface area contributed by atoms with Crippen LogP contribution < -0.4 is 9.47 Å². The average molecular weight is 947 g/mol. The normalized spacial score (nSPS) is 9.94. The molecule has 10 aromatic rings. The van der Waals surface area contributed by atoms with Gasteiger partial charge in [0.15, 0.2) is 0 Å². The van der Waals surface area contributed by atoms with Crippen LogP contribution in [0.15, 0.2) is 231 Å². The molecular weight excluding hydrogens is 873 g/mol. The molecule has 0 bridgehead atoms. The molecule has 2 heteroatoms. The summed E-state index contributed by atoms with van der Waals surface area (Å²) < 4.78 is 11.4. The van der Waals surface area contributed by atoms with E-state index >= 15 is 0 Å². The van der Waals surface area contributed by atoms with Crippen LogP contribution in [0.5, 0.6) is 23.0 Å². The first-order chi connectivity index (χ1) is 34.6. The molecule has 0 saturated heterocycles. The van der Waals surface area contributed by atoms with Gasteiger partial charge in [-0.25, -0.2) is 0 Å². The molecule has 0 unspecified atom stereocenters. The fourth-order valence-corrected chi connectivity index (χ4v) is 7.19. The third-order valence-electron chi connectivity index (χ3n) is 11.5. The molecule has 0 N–H and O–H groups in total. The minimum absolute atomic E-state index is 0.879. The second-order valence-corrected chi connectivity index (χ2v) is 18.9. The first kappa shape index (κ1) is 55.0. The second kappa shape index (κ2) is 28.7. The first-order valence-electron chi connectivity index (χ1n) is 24.9. The number of benzene rings is 10. The molecule has 2 nitrogen and oxygen atoms in total. The predicted octanol–water partition coefficient (Wildman–Crippen LogP) is 20.2. The van der Waals surface area contributed by atoms with Crippen LogP contribution in [0.4, 0.5) is 0 Å². The summed E-state index contributed by atoms with van der Waals surface area (Å²) in [5, 5.41) is 2.67. The molecule has 72 heavy (non-hydrogen) atoms. The maximum atomic E-state index is 5.71. The molecule has 0 fully saturated rings. The highest BCUT2D eigenvalue weighted by atomic mass is 16.5. The van der Waals surface area contributed by atoms with Gasteiger partial charge in [0.25, 0.3) is 0 Å². The lowest BCUT2D eigenvalue weighted by Gasteiger charge is -2.06. The number of fused-ring (bicyclic) bond motifs is 1.